The van der Waals surface area contributed by atoms with Gasteiger partial charge in [-0.15, -0.1) is 0 Å². The van der Waals surface area contributed by atoms with Gasteiger partial charge in [0, 0.05) is 36.2 Å². The smallest absolute Gasteiger partial charge is 0.323 e. The van der Waals surface area contributed by atoms with Crippen molar-refractivity contribution in [1.82, 2.24) is 4.98 Å². The van der Waals surface area contributed by atoms with Crippen molar-refractivity contribution < 1.29 is 14.3 Å². The molecule has 0 bridgehead atoms. The number of carbonyl (C=O) groups is 1. The van der Waals surface area contributed by atoms with Crippen LogP contribution in [0.3, 0.4) is 0 Å². The lowest BCUT2D eigenvalue weighted by Crippen LogP contribution is -2.19. The lowest BCUT2D eigenvalue weighted by Gasteiger charge is -2.11. The van der Waals surface area contributed by atoms with Crippen LogP contribution in [0.15, 0.2) is 66.9 Å². The van der Waals surface area contributed by atoms with Crippen LogP contribution in [0.25, 0.3) is 0 Å². The SMILES string of the molecule is N#Cc1cc(Oc2ccc(NC(=O)Nc3ccc(C4CCOC4)cc3)cc2)ccn1. The van der Waals surface area contributed by atoms with Crippen LogP contribution in [0.5, 0.6) is 11.5 Å². The maximum Gasteiger partial charge on any atom is 0.323 e. The van der Waals surface area contributed by atoms with E-state index in [2.05, 4.69) is 15.6 Å². The molecule has 7 heteroatoms. The first-order chi connectivity index (χ1) is 14.7. The summed E-state index contributed by atoms with van der Waals surface area (Å²) < 4.78 is 11.1. The van der Waals surface area contributed by atoms with Gasteiger partial charge in [-0.1, -0.05) is 12.1 Å². The molecule has 0 saturated carbocycles. The molecular formula is C23H20N4O3. The van der Waals surface area contributed by atoms with Crippen molar-refractivity contribution in [1.29, 1.82) is 5.26 Å². The first-order valence-corrected chi connectivity index (χ1v) is 9.59. The van der Waals surface area contributed by atoms with E-state index >= 15 is 0 Å². The lowest BCUT2D eigenvalue weighted by molar-refractivity contribution is 0.194. The highest BCUT2D eigenvalue weighted by molar-refractivity contribution is 5.99. The highest BCUT2D eigenvalue weighted by atomic mass is 16.5. The third kappa shape index (κ3) is 4.93. The average molecular weight is 400 g/mol. The zero-order chi connectivity index (χ0) is 20.8. The second-order valence-electron chi connectivity index (χ2n) is 6.88. The van der Waals surface area contributed by atoms with E-state index in [1.165, 1.54) is 11.8 Å². The number of rotatable bonds is 5. The Balaban J connectivity index is 1.31. The van der Waals surface area contributed by atoms with Gasteiger partial charge in [-0.3, -0.25) is 0 Å². The van der Waals surface area contributed by atoms with Gasteiger partial charge in [0.2, 0.25) is 0 Å². The maximum absolute atomic E-state index is 12.3. The van der Waals surface area contributed by atoms with Crippen LogP contribution in [0, 0.1) is 11.3 Å². The number of nitrogens with one attached hydrogen (secondary N) is 2. The van der Waals surface area contributed by atoms with E-state index in [1.54, 1.807) is 36.4 Å². The van der Waals surface area contributed by atoms with E-state index in [4.69, 9.17) is 14.7 Å². The van der Waals surface area contributed by atoms with Gasteiger partial charge in [0.1, 0.15) is 23.3 Å². The number of amides is 2. The third-order valence-corrected chi connectivity index (χ3v) is 4.76. The van der Waals surface area contributed by atoms with Crippen molar-refractivity contribution in [2.24, 2.45) is 0 Å². The fourth-order valence-corrected chi connectivity index (χ4v) is 3.21. The first-order valence-electron chi connectivity index (χ1n) is 9.59. The zero-order valence-corrected chi connectivity index (χ0v) is 16.2. The van der Waals surface area contributed by atoms with Crippen LogP contribution >= 0.6 is 0 Å². The number of nitrogens with zero attached hydrogens (tertiary/aromatic N) is 2. The Kier molecular flexibility index (Phi) is 5.88. The molecule has 2 aromatic carbocycles. The fourth-order valence-electron chi connectivity index (χ4n) is 3.21. The lowest BCUT2D eigenvalue weighted by atomic mass is 9.98. The number of ether oxygens (including phenoxy) is 2. The van der Waals surface area contributed by atoms with Gasteiger partial charge >= 0.3 is 6.03 Å². The molecule has 0 radical (unpaired) electrons. The molecule has 1 aliphatic rings. The molecule has 1 saturated heterocycles. The number of pyridine rings is 1. The average Bonchev–Trinajstić information content (AvgIpc) is 3.31. The number of benzene rings is 2. The molecule has 0 aliphatic carbocycles. The summed E-state index contributed by atoms with van der Waals surface area (Å²) in [6.07, 6.45) is 2.55. The molecule has 2 N–H and O–H groups in total. The Bertz CT molecular complexity index is 1050. The number of aromatic nitrogens is 1. The second kappa shape index (κ2) is 9.07. The molecule has 1 fully saturated rings. The third-order valence-electron chi connectivity index (χ3n) is 4.76. The van der Waals surface area contributed by atoms with Gasteiger partial charge < -0.3 is 20.1 Å². The minimum atomic E-state index is -0.326. The van der Waals surface area contributed by atoms with Crippen molar-refractivity contribution in [3.8, 4) is 17.6 Å². The highest BCUT2D eigenvalue weighted by Gasteiger charge is 2.17. The molecule has 7 nitrogen and oxygen atoms in total. The van der Waals surface area contributed by atoms with E-state index in [0.717, 1.165) is 25.3 Å². The summed E-state index contributed by atoms with van der Waals surface area (Å²) in [5.41, 5.74) is 2.87. The van der Waals surface area contributed by atoms with Crippen molar-refractivity contribution in [2.75, 3.05) is 23.8 Å². The molecule has 1 aliphatic heterocycles. The Morgan fingerprint density at radius 3 is 2.37 bits per heavy atom. The van der Waals surface area contributed by atoms with Crippen molar-refractivity contribution >= 4 is 17.4 Å². The summed E-state index contributed by atoms with van der Waals surface area (Å²) in [4.78, 5) is 16.2. The van der Waals surface area contributed by atoms with Crippen molar-refractivity contribution in [2.45, 2.75) is 12.3 Å². The van der Waals surface area contributed by atoms with E-state index in [-0.39, 0.29) is 11.7 Å². The van der Waals surface area contributed by atoms with Crippen LogP contribution in [-0.4, -0.2) is 24.2 Å². The normalized spacial score (nSPS) is 15.2. The molecule has 3 aromatic rings. The zero-order valence-electron chi connectivity index (χ0n) is 16.2. The number of urea groups is 1. The van der Waals surface area contributed by atoms with Crippen LogP contribution in [0.2, 0.25) is 0 Å². The number of carbonyl (C=O) groups excluding carboxylic acids is 1. The summed E-state index contributed by atoms with van der Waals surface area (Å²) in [6.45, 7) is 1.56. The van der Waals surface area contributed by atoms with Gasteiger partial charge in [-0.05, 0) is 54.4 Å². The molecule has 1 aromatic heterocycles. The fraction of sp³-hybridized carbons (Fsp3) is 0.174. The van der Waals surface area contributed by atoms with Crippen LogP contribution in [0.4, 0.5) is 16.2 Å². The molecule has 2 heterocycles. The van der Waals surface area contributed by atoms with Gasteiger partial charge in [0.15, 0.2) is 0 Å². The molecule has 0 spiro atoms. The second-order valence-corrected chi connectivity index (χ2v) is 6.88. The van der Waals surface area contributed by atoms with E-state index in [9.17, 15) is 4.79 Å². The van der Waals surface area contributed by atoms with Gasteiger partial charge in [0.25, 0.3) is 0 Å². The van der Waals surface area contributed by atoms with Gasteiger partial charge in [-0.2, -0.15) is 5.26 Å². The minimum absolute atomic E-state index is 0.284. The van der Waals surface area contributed by atoms with Gasteiger partial charge in [-0.25, -0.2) is 9.78 Å². The minimum Gasteiger partial charge on any atom is -0.457 e. The molecule has 1 unspecified atom stereocenters. The summed E-state index contributed by atoms with van der Waals surface area (Å²) in [6, 6.07) is 19.7. The number of hydrogen-bond donors (Lipinski definition) is 2. The molecule has 30 heavy (non-hydrogen) atoms. The van der Waals surface area contributed by atoms with Crippen molar-refractivity contribution in [3.63, 3.8) is 0 Å². The Labute approximate surface area is 174 Å². The van der Waals surface area contributed by atoms with Crippen molar-refractivity contribution in [3.05, 3.63) is 78.1 Å². The van der Waals surface area contributed by atoms with Crippen LogP contribution < -0.4 is 15.4 Å². The largest absolute Gasteiger partial charge is 0.457 e. The Morgan fingerprint density at radius 1 is 1.03 bits per heavy atom. The topological polar surface area (TPSA) is 96.3 Å². The van der Waals surface area contributed by atoms with Crippen LogP contribution in [0.1, 0.15) is 23.6 Å². The summed E-state index contributed by atoms with van der Waals surface area (Å²) >= 11 is 0. The highest BCUT2D eigenvalue weighted by Crippen LogP contribution is 2.26. The number of anilines is 2. The molecule has 1 atom stereocenters. The van der Waals surface area contributed by atoms with E-state index < -0.39 is 0 Å². The number of nitriles is 1. The molecule has 2 amide bonds. The standard InChI is InChI=1S/C23H20N4O3/c24-14-20-13-22(9-11-25-20)30-21-7-5-19(6-8-21)27-23(28)26-18-3-1-16(2-4-18)17-10-12-29-15-17/h1-9,11,13,17H,10,12,15H2,(H2,26,27,28). The summed E-state index contributed by atoms with van der Waals surface area (Å²) in [7, 11) is 0. The number of hydrogen-bond acceptors (Lipinski definition) is 5. The Morgan fingerprint density at radius 2 is 1.73 bits per heavy atom. The maximum atomic E-state index is 12.3. The van der Waals surface area contributed by atoms with Crippen LogP contribution in [-0.2, 0) is 4.74 Å². The summed E-state index contributed by atoms with van der Waals surface area (Å²) in [5.74, 6) is 1.54. The van der Waals surface area contributed by atoms with Gasteiger partial charge in [0.05, 0.1) is 6.61 Å². The quantitative estimate of drug-likeness (QED) is 0.635. The molecule has 4 rings (SSSR count). The predicted molar refractivity (Wildman–Crippen MR) is 113 cm³/mol. The monoisotopic (exact) mass is 400 g/mol. The predicted octanol–water partition coefficient (Wildman–Crippen LogP) is 4.89. The Hall–Kier alpha value is -3.89. The summed E-state index contributed by atoms with van der Waals surface area (Å²) in [5, 5.41) is 14.5. The van der Waals surface area contributed by atoms with E-state index in [1.807, 2.05) is 30.3 Å². The van der Waals surface area contributed by atoms with E-state index in [0.29, 0.717) is 23.1 Å². The molecule has 150 valence electrons. The molecular weight excluding hydrogens is 380 g/mol. The first kappa shape index (κ1) is 19.4.